The number of benzene rings is 4. The zero-order valence-corrected chi connectivity index (χ0v) is 24.4. The Labute approximate surface area is 238 Å². The van der Waals surface area contributed by atoms with Crippen LogP contribution in [-0.4, -0.2) is 29.2 Å². The highest BCUT2D eigenvalue weighted by molar-refractivity contribution is 5.86. The second-order valence-electron chi connectivity index (χ2n) is 12.1. The van der Waals surface area contributed by atoms with Gasteiger partial charge in [-0.3, -0.25) is 0 Å². The fourth-order valence-corrected chi connectivity index (χ4v) is 5.67. The van der Waals surface area contributed by atoms with Crippen LogP contribution in [0.15, 0.2) is 84.9 Å². The van der Waals surface area contributed by atoms with Crippen molar-refractivity contribution in [3.63, 3.8) is 0 Å². The molecule has 0 saturated heterocycles. The molecule has 5 rings (SSSR count). The molecular formula is C36H41NO3. The lowest BCUT2D eigenvalue weighted by molar-refractivity contribution is 0.0223. The predicted molar refractivity (Wildman–Crippen MR) is 163 cm³/mol. The minimum atomic E-state index is -0.552. The van der Waals surface area contributed by atoms with Crippen LogP contribution in [0.1, 0.15) is 73.8 Å². The van der Waals surface area contributed by atoms with E-state index in [9.17, 15) is 4.79 Å². The molecule has 1 heterocycles. The molecule has 4 nitrogen and oxygen atoms in total. The minimum absolute atomic E-state index is 0.0829. The number of para-hydroxylation sites is 1. The monoisotopic (exact) mass is 535 g/mol. The molecule has 4 aromatic carbocycles. The third kappa shape index (κ3) is 6.50. The van der Waals surface area contributed by atoms with E-state index in [1.54, 1.807) is 0 Å². The summed E-state index contributed by atoms with van der Waals surface area (Å²) in [7, 11) is 0. The van der Waals surface area contributed by atoms with Gasteiger partial charge in [0.05, 0.1) is 6.10 Å². The second-order valence-corrected chi connectivity index (χ2v) is 12.1. The lowest BCUT2D eigenvalue weighted by Gasteiger charge is -2.33. The number of fused-ring (bicyclic) bond motifs is 2. The van der Waals surface area contributed by atoms with E-state index in [-0.39, 0.29) is 12.2 Å². The van der Waals surface area contributed by atoms with Crippen molar-refractivity contribution in [3.05, 3.63) is 113 Å². The van der Waals surface area contributed by atoms with E-state index in [0.717, 1.165) is 30.6 Å². The van der Waals surface area contributed by atoms with Crippen molar-refractivity contribution in [1.29, 1.82) is 0 Å². The highest BCUT2D eigenvalue weighted by Crippen LogP contribution is 2.41. The fourth-order valence-electron chi connectivity index (χ4n) is 5.67. The predicted octanol–water partition coefficient (Wildman–Crippen LogP) is 8.96. The lowest BCUT2D eigenvalue weighted by atomic mass is 9.82. The summed E-state index contributed by atoms with van der Waals surface area (Å²) in [5.74, 6) is 1.27. The van der Waals surface area contributed by atoms with Crippen LogP contribution in [0.25, 0.3) is 10.8 Å². The zero-order chi connectivity index (χ0) is 28.3. The summed E-state index contributed by atoms with van der Waals surface area (Å²) < 4.78 is 12.3. The summed E-state index contributed by atoms with van der Waals surface area (Å²) in [4.78, 5) is 15.2. The average Bonchev–Trinajstić information content (AvgIpc) is 2.93. The number of ether oxygens (including phenoxy) is 2. The smallest absolute Gasteiger partial charge is 0.410 e. The van der Waals surface area contributed by atoms with Crippen LogP contribution in [-0.2, 0) is 11.3 Å². The topological polar surface area (TPSA) is 38.8 Å². The molecule has 1 aliphatic rings. The summed E-state index contributed by atoms with van der Waals surface area (Å²) in [6.45, 7) is 11.2. The molecule has 0 aromatic heterocycles. The summed E-state index contributed by atoms with van der Waals surface area (Å²) in [6, 6.07) is 29.9. The Bertz CT molecular complexity index is 1480. The van der Waals surface area contributed by atoms with Gasteiger partial charge in [-0.25, -0.2) is 4.79 Å². The average molecular weight is 536 g/mol. The number of carbonyl (C=O) groups is 1. The van der Waals surface area contributed by atoms with Crippen LogP contribution < -0.4 is 4.74 Å². The van der Waals surface area contributed by atoms with Crippen molar-refractivity contribution in [3.8, 4) is 5.75 Å². The zero-order valence-electron chi connectivity index (χ0n) is 24.4. The standard InChI is InChI=1S/C36H41NO3/c1-25-19-20-28(22-26(25)2)33-23-30(39-34-18-9-8-17-32(33)34)15-11-21-37(35(38)40-36(3,4)5)24-29-14-10-13-27-12-6-7-16-31(27)29/h6-10,12-14,16-20,22,30,33H,11,15,21,23-24H2,1-5H3. The van der Waals surface area contributed by atoms with E-state index in [4.69, 9.17) is 9.47 Å². The molecule has 2 atom stereocenters. The van der Waals surface area contributed by atoms with Crippen molar-refractivity contribution in [2.75, 3.05) is 6.54 Å². The first-order valence-electron chi connectivity index (χ1n) is 14.5. The van der Waals surface area contributed by atoms with Gasteiger partial charge in [-0.05, 0) is 93.0 Å². The van der Waals surface area contributed by atoms with Crippen molar-refractivity contribution < 1.29 is 14.3 Å². The van der Waals surface area contributed by atoms with Gasteiger partial charge in [0.1, 0.15) is 11.4 Å². The van der Waals surface area contributed by atoms with Gasteiger partial charge in [0, 0.05) is 24.6 Å². The highest BCUT2D eigenvalue weighted by atomic mass is 16.6. The van der Waals surface area contributed by atoms with Gasteiger partial charge in [-0.15, -0.1) is 0 Å². The van der Waals surface area contributed by atoms with Crippen molar-refractivity contribution >= 4 is 16.9 Å². The molecule has 4 heteroatoms. The van der Waals surface area contributed by atoms with Crippen LogP contribution in [0.4, 0.5) is 4.79 Å². The molecule has 0 bridgehead atoms. The molecule has 0 saturated carbocycles. The van der Waals surface area contributed by atoms with Crippen molar-refractivity contribution in [2.45, 2.75) is 78.0 Å². The van der Waals surface area contributed by atoms with Crippen LogP contribution in [0.5, 0.6) is 5.75 Å². The third-order valence-electron chi connectivity index (χ3n) is 7.87. The molecule has 0 N–H and O–H groups in total. The first-order chi connectivity index (χ1) is 19.2. The number of hydrogen-bond donors (Lipinski definition) is 0. The maximum Gasteiger partial charge on any atom is 0.410 e. The number of nitrogens with zero attached hydrogens (tertiary/aromatic N) is 1. The molecule has 208 valence electrons. The molecule has 1 aliphatic heterocycles. The Balaban J connectivity index is 1.32. The number of amides is 1. The van der Waals surface area contributed by atoms with Gasteiger partial charge in [0.25, 0.3) is 0 Å². The van der Waals surface area contributed by atoms with Gasteiger partial charge >= 0.3 is 6.09 Å². The molecule has 0 radical (unpaired) electrons. The SMILES string of the molecule is Cc1ccc(C2CC(CCCN(Cc3cccc4ccccc34)C(=O)OC(C)(C)C)Oc3ccccc32)cc1C. The molecule has 2 unspecified atom stereocenters. The molecule has 0 aliphatic carbocycles. The van der Waals surface area contributed by atoms with Gasteiger partial charge in [0.2, 0.25) is 0 Å². The van der Waals surface area contributed by atoms with E-state index in [2.05, 4.69) is 80.6 Å². The van der Waals surface area contributed by atoms with E-state index in [1.165, 1.54) is 33.0 Å². The minimum Gasteiger partial charge on any atom is -0.490 e. The van der Waals surface area contributed by atoms with Crippen LogP contribution >= 0.6 is 0 Å². The summed E-state index contributed by atoms with van der Waals surface area (Å²) in [5.41, 5.74) is 5.81. The maximum absolute atomic E-state index is 13.3. The Morgan fingerprint density at radius 2 is 1.68 bits per heavy atom. The maximum atomic E-state index is 13.3. The van der Waals surface area contributed by atoms with Gasteiger partial charge in [-0.2, -0.15) is 0 Å². The van der Waals surface area contributed by atoms with Gasteiger partial charge < -0.3 is 14.4 Å². The molecule has 0 fully saturated rings. The number of rotatable bonds is 7. The summed E-state index contributed by atoms with van der Waals surface area (Å²) >= 11 is 0. The van der Waals surface area contributed by atoms with Crippen LogP contribution in [0.2, 0.25) is 0 Å². The molecule has 4 aromatic rings. The highest BCUT2D eigenvalue weighted by Gasteiger charge is 2.30. The number of aryl methyl sites for hydroxylation is 2. The third-order valence-corrected chi connectivity index (χ3v) is 7.87. The summed E-state index contributed by atoms with van der Waals surface area (Å²) in [6.07, 6.45) is 2.43. The van der Waals surface area contributed by atoms with Crippen molar-refractivity contribution in [1.82, 2.24) is 4.90 Å². The quantitative estimate of drug-likeness (QED) is 0.237. The lowest BCUT2D eigenvalue weighted by Crippen LogP contribution is -2.37. The van der Waals surface area contributed by atoms with Gasteiger partial charge in [0.15, 0.2) is 0 Å². The number of hydrogen-bond acceptors (Lipinski definition) is 3. The Kier molecular flexibility index (Phi) is 8.16. The first-order valence-corrected chi connectivity index (χ1v) is 14.5. The Morgan fingerprint density at radius 1 is 0.925 bits per heavy atom. The number of carbonyl (C=O) groups excluding carboxylic acids is 1. The van der Waals surface area contributed by atoms with E-state index in [1.807, 2.05) is 43.9 Å². The molecule has 40 heavy (non-hydrogen) atoms. The second kappa shape index (κ2) is 11.8. The largest absolute Gasteiger partial charge is 0.490 e. The fraction of sp³-hybridized carbons (Fsp3) is 0.361. The normalized spacial score (nSPS) is 16.7. The molecule has 1 amide bonds. The van der Waals surface area contributed by atoms with E-state index < -0.39 is 5.60 Å². The van der Waals surface area contributed by atoms with Crippen molar-refractivity contribution in [2.24, 2.45) is 0 Å². The van der Waals surface area contributed by atoms with E-state index in [0.29, 0.717) is 19.0 Å². The Hall–Kier alpha value is -3.79. The summed E-state index contributed by atoms with van der Waals surface area (Å²) in [5, 5.41) is 2.35. The molecular weight excluding hydrogens is 494 g/mol. The Morgan fingerprint density at radius 3 is 2.48 bits per heavy atom. The first kappa shape index (κ1) is 27.8. The van der Waals surface area contributed by atoms with Gasteiger partial charge in [-0.1, -0.05) is 78.9 Å². The van der Waals surface area contributed by atoms with E-state index >= 15 is 0 Å². The van der Waals surface area contributed by atoms with Crippen LogP contribution in [0, 0.1) is 13.8 Å². The van der Waals surface area contributed by atoms with Crippen LogP contribution in [0.3, 0.4) is 0 Å². The molecule has 0 spiro atoms.